The van der Waals surface area contributed by atoms with Crippen molar-refractivity contribution in [1.82, 2.24) is 0 Å². The third-order valence-corrected chi connectivity index (χ3v) is 4.46. The summed E-state index contributed by atoms with van der Waals surface area (Å²) in [5.41, 5.74) is 1.93. The van der Waals surface area contributed by atoms with Crippen molar-refractivity contribution in [3.63, 3.8) is 0 Å². The van der Waals surface area contributed by atoms with Crippen LogP contribution in [0.3, 0.4) is 0 Å². The Morgan fingerprint density at radius 1 is 1.42 bits per heavy atom. The number of halogens is 1. The average molecular weight is 280 g/mol. The van der Waals surface area contributed by atoms with Crippen LogP contribution in [0.15, 0.2) is 24.3 Å². The summed E-state index contributed by atoms with van der Waals surface area (Å²) in [5.74, 6) is 0.235. The Bertz CT molecular complexity index is 468. The number of hydrogen-bond acceptors (Lipinski definition) is 1. The number of benzene rings is 1. The lowest BCUT2D eigenvalue weighted by Gasteiger charge is -2.26. The van der Waals surface area contributed by atoms with E-state index in [9.17, 15) is 4.79 Å². The Balaban J connectivity index is 2.16. The first kappa shape index (κ1) is 14.4. The second-order valence-electron chi connectivity index (χ2n) is 6.13. The maximum Gasteiger partial charge on any atom is 0.228 e. The molecule has 1 aliphatic carbocycles. The van der Waals surface area contributed by atoms with Gasteiger partial charge in [0, 0.05) is 11.6 Å². The summed E-state index contributed by atoms with van der Waals surface area (Å²) < 4.78 is 0. The first-order valence-electron chi connectivity index (χ1n) is 6.95. The molecule has 1 N–H and O–H groups in total. The smallest absolute Gasteiger partial charge is 0.228 e. The lowest BCUT2D eigenvalue weighted by Crippen LogP contribution is -2.31. The van der Waals surface area contributed by atoms with E-state index in [0.717, 1.165) is 30.5 Å². The first-order valence-corrected chi connectivity index (χ1v) is 7.39. The number of carbonyl (C=O) groups is 1. The molecule has 2 rings (SSSR count). The fraction of sp³-hybridized carbons (Fsp3) is 0.562. The second kappa shape index (κ2) is 5.54. The molecule has 2 atom stereocenters. The predicted molar refractivity (Wildman–Crippen MR) is 80.5 cm³/mol. The van der Waals surface area contributed by atoms with Gasteiger partial charge in [0.25, 0.3) is 0 Å². The van der Waals surface area contributed by atoms with Crippen LogP contribution in [-0.2, 0) is 4.79 Å². The fourth-order valence-electron chi connectivity index (χ4n) is 2.99. The van der Waals surface area contributed by atoms with Crippen molar-refractivity contribution < 1.29 is 4.79 Å². The highest BCUT2D eigenvalue weighted by atomic mass is 35.5. The van der Waals surface area contributed by atoms with E-state index in [4.69, 9.17) is 11.6 Å². The molecule has 0 spiro atoms. The van der Waals surface area contributed by atoms with E-state index >= 15 is 0 Å². The number of alkyl halides is 1. The van der Waals surface area contributed by atoms with Crippen LogP contribution < -0.4 is 5.32 Å². The van der Waals surface area contributed by atoms with Gasteiger partial charge < -0.3 is 5.32 Å². The molecule has 0 heterocycles. The summed E-state index contributed by atoms with van der Waals surface area (Å²) in [5, 5.41) is 2.96. The highest BCUT2D eigenvalue weighted by molar-refractivity contribution is 6.21. The number of anilines is 1. The van der Waals surface area contributed by atoms with Crippen molar-refractivity contribution in [3.05, 3.63) is 29.8 Å². The molecular weight excluding hydrogens is 258 g/mol. The Kier molecular flexibility index (Phi) is 4.19. The maximum absolute atomic E-state index is 12.5. The van der Waals surface area contributed by atoms with Gasteiger partial charge in [-0.25, -0.2) is 0 Å². The summed E-state index contributed by atoms with van der Waals surface area (Å²) >= 11 is 6.16. The predicted octanol–water partition coefficient (Wildman–Crippen LogP) is 4.75. The van der Waals surface area contributed by atoms with Gasteiger partial charge in [-0.15, -0.1) is 11.6 Å². The van der Waals surface area contributed by atoms with Crippen LogP contribution in [0.2, 0.25) is 0 Å². The lowest BCUT2D eigenvalue weighted by molar-refractivity contribution is -0.122. The zero-order valence-electron chi connectivity index (χ0n) is 11.9. The minimum Gasteiger partial charge on any atom is -0.326 e. The van der Waals surface area contributed by atoms with Crippen LogP contribution in [0.5, 0.6) is 0 Å². The summed E-state index contributed by atoms with van der Waals surface area (Å²) in [6.45, 7) is 6.28. The van der Waals surface area contributed by atoms with Gasteiger partial charge in [-0.2, -0.15) is 0 Å². The van der Waals surface area contributed by atoms with Crippen molar-refractivity contribution in [3.8, 4) is 0 Å². The van der Waals surface area contributed by atoms with E-state index in [-0.39, 0.29) is 22.6 Å². The molecule has 3 heteroatoms. The van der Waals surface area contributed by atoms with Gasteiger partial charge in [-0.3, -0.25) is 4.79 Å². The van der Waals surface area contributed by atoms with Crippen molar-refractivity contribution in [1.29, 1.82) is 0 Å². The van der Waals surface area contributed by atoms with Gasteiger partial charge in [0.2, 0.25) is 5.91 Å². The third kappa shape index (κ3) is 3.11. The molecule has 1 fully saturated rings. The summed E-state index contributed by atoms with van der Waals surface area (Å²) in [7, 11) is 0. The van der Waals surface area contributed by atoms with Crippen molar-refractivity contribution in [2.45, 2.75) is 45.4 Å². The standard InChI is InChI=1S/C16H22ClNO/c1-11(17)12-7-4-5-9-14(12)18-15(19)13-8-6-10-16(13,2)3/h4-5,7,9,11,13H,6,8,10H2,1-3H3,(H,18,19). The van der Waals surface area contributed by atoms with E-state index in [0.29, 0.717) is 0 Å². The van der Waals surface area contributed by atoms with Crippen molar-refractivity contribution >= 4 is 23.2 Å². The Morgan fingerprint density at radius 3 is 2.68 bits per heavy atom. The van der Waals surface area contributed by atoms with Crippen LogP contribution in [-0.4, -0.2) is 5.91 Å². The summed E-state index contributed by atoms with van der Waals surface area (Å²) in [6, 6.07) is 7.77. The fourth-order valence-corrected chi connectivity index (χ4v) is 3.18. The van der Waals surface area contributed by atoms with Crippen molar-refractivity contribution in [2.75, 3.05) is 5.32 Å². The number of para-hydroxylation sites is 1. The molecule has 0 aliphatic heterocycles. The van der Waals surface area contributed by atoms with Crippen LogP contribution in [0, 0.1) is 11.3 Å². The van der Waals surface area contributed by atoms with E-state index in [1.54, 1.807) is 0 Å². The third-order valence-electron chi connectivity index (χ3n) is 4.22. The minimum atomic E-state index is -0.104. The molecule has 1 aromatic rings. The normalized spacial score (nSPS) is 23.1. The van der Waals surface area contributed by atoms with E-state index in [1.807, 2.05) is 31.2 Å². The molecule has 0 saturated heterocycles. The highest BCUT2D eigenvalue weighted by Crippen LogP contribution is 2.43. The largest absolute Gasteiger partial charge is 0.326 e. The molecule has 1 aliphatic rings. The molecule has 1 saturated carbocycles. The number of carbonyl (C=O) groups excluding carboxylic acids is 1. The van der Waals surface area contributed by atoms with Gasteiger partial charge in [0.05, 0.1) is 5.38 Å². The second-order valence-corrected chi connectivity index (χ2v) is 6.78. The monoisotopic (exact) mass is 279 g/mol. The molecule has 1 amide bonds. The highest BCUT2D eigenvalue weighted by Gasteiger charge is 2.39. The van der Waals surface area contributed by atoms with Gasteiger partial charge in [-0.1, -0.05) is 38.5 Å². The van der Waals surface area contributed by atoms with Gasteiger partial charge >= 0.3 is 0 Å². The van der Waals surface area contributed by atoms with Crippen molar-refractivity contribution in [2.24, 2.45) is 11.3 Å². The first-order chi connectivity index (χ1) is 8.92. The number of rotatable bonds is 3. The number of nitrogens with one attached hydrogen (secondary N) is 1. The SMILES string of the molecule is CC(Cl)c1ccccc1NC(=O)C1CCCC1(C)C. The Labute approximate surface area is 120 Å². The lowest BCUT2D eigenvalue weighted by atomic mass is 9.81. The van der Waals surface area contributed by atoms with Crippen LogP contribution >= 0.6 is 11.6 Å². The molecule has 104 valence electrons. The average Bonchev–Trinajstić information content (AvgIpc) is 2.69. The Morgan fingerprint density at radius 2 is 2.11 bits per heavy atom. The molecule has 1 aromatic carbocycles. The van der Waals surface area contributed by atoms with Crippen LogP contribution in [0.4, 0.5) is 5.69 Å². The molecule has 0 radical (unpaired) electrons. The molecule has 2 nitrogen and oxygen atoms in total. The summed E-state index contributed by atoms with van der Waals surface area (Å²) in [4.78, 5) is 12.5. The van der Waals surface area contributed by atoms with Gasteiger partial charge in [0.1, 0.15) is 0 Å². The minimum absolute atomic E-state index is 0.103. The molecule has 2 unspecified atom stereocenters. The summed E-state index contributed by atoms with van der Waals surface area (Å²) in [6.07, 6.45) is 3.24. The molecular formula is C16H22ClNO. The van der Waals surface area contributed by atoms with E-state index in [1.165, 1.54) is 0 Å². The van der Waals surface area contributed by atoms with Crippen LogP contribution in [0.1, 0.15) is 51.0 Å². The quantitative estimate of drug-likeness (QED) is 0.795. The Hall–Kier alpha value is -1.02. The maximum atomic E-state index is 12.5. The zero-order chi connectivity index (χ0) is 14.0. The topological polar surface area (TPSA) is 29.1 Å². The van der Waals surface area contributed by atoms with Crippen LogP contribution in [0.25, 0.3) is 0 Å². The molecule has 19 heavy (non-hydrogen) atoms. The zero-order valence-corrected chi connectivity index (χ0v) is 12.6. The number of hydrogen-bond donors (Lipinski definition) is 1. The van der Waals surface area contributed by atoms with E-state index in [2.05, 4.69) is 19.2 Å². The molecule has 0 aromatic heterocycles. The van der Waals surface area contributed by atoms with Gasteiger partial charge in [-0.05, 0) is 36.8 Å². The molecule has 0 bridgehead atoms. The van der Waals surface area contributed by atoms with Gasteiger partial charge in [0.15, 0.2) is 0 Å². The van der Waals surface area contributed by atoms with E-state index < -0.39 is 0 Å². The number of amides is 1.